The number of rotatable bonds is 2. The summed E-state index contributed by atoms with van der Waals surface area (Å²) < 4.78 is 19.1. The summed E-state index contributed by atoms with van der Waals surface area (Å²) in [6.45, 7) is 13.2. The van der Waals surface area contributed by atoms with E-state index in [0.717, 1.165) is 19.3 Å². The first-order chi connectivity index (χ1) is 11.1. The third-order valence-corrected chi connectivity index (χ3v) is 7.51. The van der Waals surface area contributed by atoms with Crippen molar-refractivity contribution in [3.63, 3.8) is 0 Å². The first-order valence-corrected chi connectivity index (χ1v) is 12.9. The molecule has 8 atom stereocenters. The third-order valence-electron chi connectivity index (χ3n) is 6.57. The molecule has 5 fully saturated rings. The Morgan fingerprint density at radius 1 is 1.00 bits per heavy atom. The molecule has 0 aromatic heterocycles. The standard InChI is InChI=1S/C18H32O5Si/c1-11-7-8-14-12(2)15(21-24(4,5)6)19-16-18(14)13(11)9-10-17(3,20-16)22-23-18/h11-16H,7-10H2,1-6H3/t11?,12-,13?,14?,15+,16?,17?,18-/m1/s1. The maximum Gasteiger partial charge on any atom is 0.201 e. The first kappa shape index (κ1) is 17.4. The van der Waals surface area contributed by atoms with Crippen LogP contribution in [0.3, 0.4) is 0 Å². The summed E-state index contributed by atoms with van der Waals surface area (Å²) >= 11 is 0. The zero-order chi connectivity index (χ0) is 17.3. The summed E-state index contributed by atoms with van der Waals surface area (Å²) in [6, 6.07) is 0. The van der Waals surface area contributed by atoms with E-state index in [1.807, 2.05) is 6.92 Å². The fourth-order valence-corrected chi connectivity index (χ4v) is 6.32. The van der Waals surface area contributed by atoms with Crippen LogP contribution in [0.2, 0.25) is 19.6 Å². The third kappa shape index (κ3) is 2.53. The molecule has 5 unspecified atom stereocenters. The van der Waals surface area contributed by atoms with E-state index < -0.39 is 26.0 Å². The predicted octanol–water partition coefficient (Wildman–Crippen LogP) is 4.05. The SMILES string of the molecule is CC1CCC2[C@@H](C)[C@H](O[Si](C)(C)C)OC3OC4(C)CCC1[C@]32OO4. The van der Waals surface area contributed by atoms with Crippen LogP contribution >= 0.6 is 0 Å². The van der Waals surface area contributed by atoms with Crippen LogP contribution in [-0.4, -0.2) is 32.3 Å². The second-order valence-corrected chi connectivity index (χ2v) is 14.0. The van der Waals surface area contributed by atoms with Crippen molar-refractivity contribution in [2.75, 3.05) is 0 Å². The maximum absolute atomic E-state index is 6.42. The van der Waals surface area contributed by atoms with Crippen molar-refractivity contribution in [3.8, 4) is 0 Å². The minimum absolute atomic E-state index is 0.210. The van der Waals surface area contributed by atoms with E-state index in [-0.39, 0.29) is 12.2 Å². The Morgan fingerprint density at radius 3 is 2.46 bits per heavy atom. The number of fused-ring (bicyclic) bond motifs is 2. The summed E-state index contributed by atoms with van der Waals surface area (Å²) in [5, 5.41) is 0. The van der Waals surface area contributed by atoms with Crippen molar-refractivity contribution in [1.29, 1.82) is 0 Å². The number of hydrogen-bond donors (Lipinski definition) is 0. The number of ether oxygens (including phenoxy) is 2. The molecule has 5 aliphatic rings. The van der Waals surface area contributed by atoms with Gasteiger partial charge in [0, 0.05) is 18.3 Å². The van der Waals surface area contributed by atoms with E-state index >= 15 is 0 Å². The molecule has 5 nitrogen and oxygen atoms in total. The van der Waals surface area contributed by atoms with Crippen LogP contribution in [0.4, 0.5) is 0 Å². The minimum Gasteiger partial charge on any atom is -0.393 e. The van der Waals surface area contributed by atoms with Gasteiger partial charge in [-0.15, -0.1) is 0 Å². The van der Waals surface area contributed by atoms with Gasteiger partial charge in [-0.3, -0.25) is 0 Å². The zero-order valence-electron chi connectivity index (χ0n) is 15.8. The molecule has 5 rings (SSSR count). The van der Waals surface area contributed by atoms with Gasteiger partial charge < -0.3 is 13.9 Å². The zero-order valence-corrected chi connectivity index (χ0v) is 16.8. The molecule has 6 heteroatoms. The smallest absolute Gasteiger partial charge is 0.201 e. The van der Waals surface area contributed by atoms with Gasteiger partial charge in [0.2, 0.25) is 5.79 Å². The Kier molecular flexibility index (Phi) is 4.00. The van der Waals surface area contributed by atoms with Crippen LogP contribution in [0.25, 0.3) is 0 Å². The maximum atomic E-state index is 6.42. The molecule has 2 bridgehead atoms. The van der Waals surface area contributed by atoms with Gasteiger partial charge >= 0.3 is 0 Å². The second kappa shape index (κ2) is 5.51. The van der Waals surface area contributed by atoms with Crippen molar-refractivity contribution < 1.29 is 23.7 Å². The molecular weight excluding hydrogens is 324 g/mol. The normalized spacial score (nSPS) is 54.2. The average molecular weight is 357 g/mol. The Morgan fingerprint density at radius 2 is 1.75 bits per heavy atom. The topological polar surface area (TPSA) is 46.2 Å². The lowest BCUT2D eigenvalue weighted by Gasteiger charge is -2.60. The molecule has 0 radical (unpaired) electrons. The van der Waals surface area contributed by atoms with Gasteiger partial charge in [-0.25, -0.2) is 9.78 Å². The van der Waals surface area contributed by atoms with E-state index in [9.17, 15) is 0 Å². The molecule has 0 aromatic rings. The molecule has 4 heterocycles. The molecule has 1 aliphatic carbocycles. The van der Waals surface area contributed by atoms with Gasteiger partial charge in [0.1, 0.15) is 0 Å². The Labute approximate surface area is 146 Å². The summed E-state index contributed by atoms with van der Waals surface area (Å²) in [6.07, 6.45) is 3.67. The van der Waals surface area contributed by atoms with E-state index in [1.165, 1.54) is 6.42 Å². The molecule has 1 spiro atoms. The van der Waals surface area contributed by atoms with Crippen molar-refractivity contribution >= 4 is 8.32 Å². The summed E-state index contributed by atoms with van der Waals surface area (Å²) in [4.78, 5) is 12.0. The lowest BCUT2D eigenvalue weighted by Crippen LogP contribution is -2.70. The van der Waals surface area contributed by atoms with Crippen molar-refractivity contribution in [3.05, 3.63) is 0 Å². The molecule has 0 aromatic carbocycles. The van der Waals surface area contributed by atoms with Gasteiger partial charge in [-0.2, -0.15) is 0 Å². The largest absolute Gasteiger partial charge is 0.393 e. The lowest BCUT2D eigenvalue weighted by atomic mass is 9.58. The Balaban J connectivity index is 1.72. The number of hydrogen-bond acceptors (Lipinski definition) is 5. The summed E-state index contributed by atoms with van der Waals surface area (Å²) in [5.74, 6) is 0.934. The van der Waals surface area contributed by atoms with Crippen LogP contribution in [0.5, 0.6) is 0 Å². The lowest BCUT2D eigenvalue weighted by molar-refractivity contribution is -0.576. The second-order valence-electron chi connectivity index (χ2n) is 9.50. The highest BCUT2D eigenvalue weighted by molar-refractivity contribution is 6.69. The van der Waals surface area contributed by atoms with Gasteiger partial charge in [-0.1, -0.05) is 13.8 Å². The highest BCUT2D eigenvalue weighted by Crippen LogP contribution is 2.60. The van der Waals surface area contributed by atoms with E-state index in [0.29, 0.717) is 17.8 Å². The fraction of sp³-hybridized carbons (Fsp3) is 1.00. The van der Waals surface area contributed by atoms with Crippen molar-refractivity contribution in [1.82, 2.24) is 0 Å². The van der Waals surface area contributed by atoms with Gasteiger partial charge in [-0.05, 0) is 57.7 Å². The van der Waals surface area contributed by atoms with E-state index in [2.05, 4.69) is 33.5 Å². The monoisotopic (exact) mass is 356 g/mol. The van der Waals surface area contributed by atoms with Gasteiger partial charge in [0.25, 0.3) is 0 Å². The summed E-state index contributed by atoms with van der Waals surface area (Å²) in [7, 11) is -1.71. The van der Waals surface area contributed by atoms with Crippen LogP contribution in [-0.2, 0) is 23.7 Å². The van der Waals surface area contributed by atoms with Crippen LogP contribution < -0.4 is 0 Å². The predicted molar refractivity (Wildman–Crippen MR) is 91.3 cm³/mol. The molecule has 24 heavy (non-hydrogen) atoms. The highest BCUT2D eigenvalue weighted by Gasteiger charge is 2.69. The highest BCUT2D eigenvalue weighted by atomic mass is 28.4. The van der Waals surface area contributed by atoms with Gasteiger partial charge in [0.15, 0.2) is 26.5 Å². The Hall–Kier alpha value is 0.0169. The van der Waals surface area contributed by atoms with Crippen LogP contribution in [0, 0.1) is 23.7 Å². The van der Waals surface area contributed by atoms with Crippen LogP contribution in [0.1, 0.15) is 46.5 Å². The molecule has 0 amide bonds. The summed E-state index contributed by atoms with van der Waals surface area (Å²) in [5.41, 5.74) is -0.480. The quantitative estimate of drug-likeness (QED) is 0.552. The molecule has 138 valence electrons. The first-order valence-electron chi connectivity index (χ1n) is 9.52. The molecule has 1 saturated carbocycles. The van der Waals surface area contributed by atoms with E-state index in [1.54, 1.807) is 0 Å². The van der Waals surface area contributed by atoms with Crippen molar-refractivity contribution in [2.45, 2.75) is 90.1 Å². The molecule has 0 N–H and O–H groups in total. The molecular formula is C18H32O5Si. The molecule has 4 saturated heterocycles. The minimum atomic E-state index is -1.71. The fourth-order valence-electron chi connectivity index (χ4n) is 5.36. The van der Waals surface area contributed by atoms with Gasteiger partial charge in [0.05, 0.1) is 0 Å². The van der Waals surface area contributed by atoms with Crippen molar-refractivity contribution in [2.24, 2.45) is 23.7 Å². The Bertz CT molecular complexity index is 508. The van der Waals surface area contributed by atoms with E-state index in [4.69, 9.17) is 23.7 Å². The molecule has 4 aliphatic heterocycles. The average Bonchev–Trinajstić information content (AvgIpc) is 2.69. The van der Waals surface area contributed by atoms with Crippen LogP contribution in [0.15, 0.2) is 0 Å².